The summed E-state index contributed by atoms with van der Waals surface area (Å²) in [6.45, 7) is 13.9. The van der Waals surface area contributed by atoms with Gasteiger partial charge >= 0.3 is 0 Å². The van der Waals surface area contributed by atoms with E-state index in [1.165, 1.54) is 32.5 Å². The highest BCUT2D eigenvalue weighted by molar-refractivity contribution is 5.06. The lowest BCUT2D eigenvalue weighted by Crippen LogP contribution is -2.64. The van der Waals surface area contributed by atoms with Crippen LogP contribution in [0.15, 0.2) is 0 Å². The van der Waals surface area contributed by atoms with Gasteiger partial charge in [-0.15, -0.1) is 0 Å². The maximum atomic E-state index is 6.24. The number of nitrogens with two attached hydrogens (primary N) is 1. The van der Waals surface area contributed by atoms with Crippen LogP contribution < -0.4 is 5.73 Å². The Balaban J connectivity index is 2.21. The zero-order valence-corrected chi connectivity index (χ0v) is 12.9. The van der Waals surface area contributed by atoms with Crippen molar-refractivity contribution >= 4 is 0 Å². The van der Waals surface area contributed by atoms with Crippen molar-refractivity contribution in [3.8, 4) is 0 Å². The van der Waals surface area contributed by atoms with Gasteiger partial charge in [0.1, 0.15) is 0 Å². The molecule has 4 unspecified atom stereocenters. The van der Waals surface area contributed by atoms with E-state index in [0.717, 1.165) is 12.5 Å². The predicted molar refractivity (Wildman–Crippen MR) is 77.6 cm³/mol. The first kappa shape index (κ1) is 14.3. The molecule has 0 spiro atoms. The normalized spacial score (nSPS) is 38.2. The molecule has 2 aliphatic rings. The van der Waals surface area contributed by atoms with Gasteiger partial charge in [-0.1, -0.05) is 20.8 Å². The molecule has 0 radical (unpaired) electrons. The Labute approximate surface area is 113 Å². The van der Waals surface area contributed by atoms with Crippen LogP contribution in [0.25, 0.3) is 0 Å². The van der Waals surface area contributed by atoms with E-state index >= 15 is 0 Å². The zero-order chi connectivity index (χ0) is 13.6. The Morgan fingerprint density at radius 3 is 2.61 bits per heavy atom. The summed E-state index contributed by atoms with van der Waals surface area (Å²) >= 11 is 0. The van der Waals surface area contributed by atoms with Crippen LogP contribution in [0, 0.1) is 11.3 Å². The van der Waals surface area contributed by atoms with Crippen molar-refractivity contribution in [3.05, 3.63) is 0 Å². The van der Waals surface area contributed by atoms with Gasteiger partial charge in [0.25, 0.3) is 0 Å². The number of piperidine rings is 1. The molecule has 18 heavy (non-hydrogen) atoms. The standard InChI is InChI=1S/C15H31N3/c1-12(14(2,3)4)17(5)15(11-16)7-9-18-8-6-13(15)10-18/h12-13H,6-11,16H2,1-5H3. The predicted octanol–water partition coefficient (Wildman–Crippen LogP) is 1.78. The lowest BCUT2D eigenvalue weighted by molar-refractivity contribution is -0.0277. The number of rotatable bonds is 3. The van der Waals surface area contributed by atoms with Gasteiger partial charge in [0.2, 0.25) is 0 Å². The Morgan fingerprint density at radius 1 is 1.39 bits per heavy atom. The van der Waals surface area contributed by atoms with Crippen molar-refractivity contribution in [3.63, 3.8) is 0 Å². The highest BCUT2D eigenvalue weighted by Crippen LogP contribution is 2.41. The van der Waals surface area contributed by atoms with Crippen molar-refractivity contribution in [2.75, 3.05) is 33.2 Å². The van der Waals surface area contributed by atoms with E-state index in [1.54, 1.807) is 0 Å². The van der Waals surface area contributed by atoms with Crippen LogP contribution in [0.5, 0.6) is 0 Å². The maximum absolute atomic E-state index is 6.24. The smallest absolute Gasteiger partial charge is 0.0384 e. The van der Waals surface area contributed by atoms with Gasteiger partial charge < -0.3 is 10.6 Å². The highest BCUT2D eigenvalue weighted by atomic mass is 15.3. The number of nitrogens with zero attached hydrogens (tertiary/aromatic N) is 2. The molecule has 3 nitrogen and oxygen atoms in total. The van der Waals surface area contributed by atoms with Crippen molar-refractivity contribution in [2.24, 2.45) is 17.1 Å². The second kappa shape index (κ2) is 4.77. The van der Waals surface area contributed by atoms with Crippen LogP contribution in [-0.2, 0) is 0 Å². The van der Waals surface area contributed by atoms with Gasteiger partial charge in [0.05, 0.1) is 0 Å². The third kappa shape index (κ3) is 2.21. The second-order valence-corrected chi connectivity index (χ2v) is 7.50. The van der Waals surface area contributed by atoms with Crippen molar-refractivity contribution in [2.45, 2.75) is 52.1 Å². The highest BCUT2D eigenvalue weighted by Gasteiger charge is 2.49. The minimum absolute atomic E-state index is 0.236. The molecule has 0 aromatic heterocycles. The summed E-state index contributed by atoms with van der Waals surface area (Å²) in [6.07, 6.45) is 2.57. The Morgan fingerprint density at radius 2 is 2.06 bits per heavy atom. The molecule has 2 heterocycles. The first-order valence-corrected chi connectivity index (χ1v) is 7.46. The number of hydrogen-bond donors (Lipinski definition) is 1. The maximum Gasteiger partial charge on any atom is 0.0384 e. The molecule has 2 rings (SSSR count). The van der Waals surface area contributed by atoms with Gasteiger partial charge in [0, 0.05) is 24.7 Å². The summed E-state index contributed by atoms with van der Waals surface area (Å²) in [7, 11) is 2.30. The Bertz CT molecular complexity index is 297. The molecular weight excluding hydrogens is 222 g/mol. The molecule has 0 aromatic rings. The Kier molecular flexibility index (Phi) is 3.79. The lowest BCUT2D eigenvalue weighted by atomic mass is 9.74. The van der Waals surface area contributed by atoms with E-state index < -0.39 is 0 Å². The minimum Gasteiger partial charge on any atom is -0.329 e. The third-order valence-electron chi connectivity index (χ3n) is 5.78. The summed E-state index contributed by atoms with van der Waals surface area (Å²) < 4.78 is 0. The molecule has 0 aliphatic carbocycles. The molecule has 0 amide bonds. The van der Waals surface area contributed by atoms with E-state index in [2.05, 4.69) is 44.5 Å². The molecule has 2 N–H and O–H groups in total. The summed E-state index contributed by atoms with van der Waals surface area (Å²) in [4.78, 5) is 5.22. The monoisotopic (exact) mass is 253 g/mol. The Hall–Kier alpha value is -0.120. The molecule has 4 atom stereocenters. The fourth-order valence-electron chi connectivity index (χ4n) is 3.87. The second-order valence-electron chi connectivity index (χ2n) is 7.50. The third-order valence-corrected chi connectivity index (χ3v) is 5.78. The summed E-state index contributed by atoms with van der Waals surface area (Å²) in [5.74, 6) is 0.769. The van der Waals surface area contributed by atoms with E-state index in [9.17, 15) is 0 Å². The van der Waals surface area contributed by atoms with E-state index in [4.69, 9.17) is 5.73 Å². The minimum atomic E-state index is 0.236. The summed E-state index contributed by atoms with van der Waals surface area (Å²) in [6, 6.07) is 0.563. The van der Waals surface area contributed by atoms with Crippen LogP contribution in [0.1, 0.15) is 40.5 Å². The van der Waals surface area contributed by atoms with Crippen LogP contribution >= 0.6 is 0 Å². The van der Waals surface area contributed by atoms with Gasteiger partial charge in [-0.2, -0.15) is 0 Å². The largest absolute Gasteiger partial charge is 0.329 e. The first-order chi connectivity index (χ1) is 8.31. The number of likely N-dealkylation sites (N-methyl/N-ethyl adjacent to an activating group) is 1. The van der Waals surface area contributed by atoms with Crippen LogP contribution in [0.4, 0.5) is 0 Å². The summed E-state index contributed by atoms with van der Waals surface area (Å²) in [5.41, 5.74) is 6.79. The average Bonchev–Trinajstić information content (AvgIpc) is 2.71. The number of hydrogen-bond acceptors (Lipinski definition) is 3. The SMILES string of the molecule is CC(N(C)C1(CN)CCN2CCC1C2)C(C)(C)C. The average molecular weight is 253 g/mol. The molecule has 3 heteroatoms. The van der Waals surface area contributed by atoms with Crippen molar-refractivity contribution in [1.82, 2.24) is 9.80 Å². The molecule has 0 aromatic carbocycles. The summed E-state index contributed by atoms with van der Waals surface area (Å²) in [5, 5.41) is 0. The van der Waals surface area contributed by atoms with Gasteiger partial charge in [-0.25, -0.2) is 0 Å². The topological polar surface area (TPSA) is 32.5 Å². The van der Waals surface area contributed by atoms with E-state index in [0.29, 0.717) is 11.5 Å². The molecule has 106 valence electrons. The molecular formula is C15H31N3. The van der Waals surface area contributed by atoms with E-state index in [1.807, 2.05) is 0 Å². The van der Waals surface area contributed by atoms with Crippen LogP contribution in [0.2, 0.25) is 0 Å². The van der Waals surface area contributed by atoms with Crippen LogP contribution in [-0.4, -0.2) is 54.6 Å². The molecule has 0 saturated carbocycles. The first-order valence-electron chi connectivity index (χ1n) is 7.46. The zero-order valence-electron chi connectivity index (χ0n) is 12.9. The van der Waals surface area contributed by atoms with Gasteiger partial charge in [-0.05, 0) is 51.2 Å². The van der Waals surface area contributed by atoms with Crippen LogP contribution in [0.3, 0.4) is 0 Å². The molecule has 2 fully saturated rings. The quantitative estimate of drug-likeness (QED) is 0.832. The number of fused-ring (bicyclic) bond motifs is 2. The molecule has 2 saturated heterocycles. The molecule has 2 bridgehead atoms. The van der Waals surface area contributed by atoms with Gasteiger partial charge in [0.15, 0.2) is 0 Å². The van der Waals surface area contributed by atoms with Gasteiger partial charge in [-0.3, -0.25) is 4.90 Å². The lowest BCUT2D eigenvalue weighted by Gasteiger charge is -2.53. The van der Waals surface area contributed by atoms with E-state index in [-0.39, 0.29) is 5.54 Å². The fraction of sp³-hybridized carbons (Fsp3) is 1.00. The molecule has 2 aliphatic heterocycles. The fourth-order valence-corrected chi connectivity index (χ4v) is 3.87. The van der Waals surface area contributed by atoms with Crippen molar-refractivity contribution < 1.29 is 0 Å². The van der Waals surface area contributed by atoms with Crippen molar-refractivity contribution in [1.29, 1.82) is 0 Å².